The van der Waals surface area contributed by atoms with Crippen molar-refractivity contribution in [3.8, 4) is 22.9 Å². The summed E-state index contributed by atoms with van der Waals surface area (Å²) in [7, 11) is 0. The van der Waals surface area contributed by atoms with Gasteiger partial charge in [0.05, 0.1) is 33.1 Å². The molecule has 5 nitrogen and oxygen atoms in total. The standard InChI is InChI=1S/C54H30N4OS/c1-2-15-33(16-3-1)57-42-29-27-31-14-4-5-17-34(31)47(42)48-38-20-7-6-19-37(38)46-39-21-8-11-23-41(39)58(51(46)52(48)57)54-55-50(49-40-22-9-12-24-43(40)59-53(49)56-54)32-26-28-36-35-18-10-13-25-44(35)60-45(36)30-32/h1-30H. The normalized spacial score (nSPS) is 12.3. The highest BCUT2D eigenvalue weighted by Gasteiger charge is 2.28. The molecule has 60 heavy (non-hydrogen) atoms. The molecule has 0 amide bonds. The second kappa shape index (κ2) is 11.9. The maximum atomic E-state index is 6.69. The number of rotatable bonds is 3. The molecule has 0 bridgehead atoms. The lowest BCUT2D eigenvalue weighted by Crippen LogP contribution is -2.04. The summed E-state index contributed by atoms with van der Waals surface area (Å²) >= 11 is 1.82. The Bertz CT molecular complexity index is 4130. The fourth-order valence-corrected chi connectivity index (χ4v) is 11.2. The minimum atomic E-state index is 0.560. The average Bonchev–Trinajstić information content (AvgIpc) is 4.06. The van der Waals surface area contributed by atoms with Crippen LogP contribution in [0.5, 0.6) is 0 Å². The van der Waals surface area contributed by atoms with Crippen LogP contribution in [0.2, 0.25) is 0 Å². The van der Waals surface area contributed by atoms with E-state index in [0.29, 0.717) is 11.7 Å². The molecule has 9 aromatic carbocycles. The third-order valence-electron chi connectivity index (χ3n) is 12.5. The summed E-state index contributed by atoms with van der Waals surface area (Å²) in [6.07, 6.45) is 0. The number of furan rings is 1. The topological polar surface area (TPSA) is 48.8 Å². The highest BCUT2D eigenvalue weighted by Crippen LogP contribution is 2.48. The summed E-state index contributed by atoms with van der Waals surface area (Å²) in [5.41, 5.74) is 8.64. The molecule has 0 aliphatic heterocycles. The van der Waals surface area contributed by atoms with Crippen LogP contribution in [-0.4, -0.2) is 19.1 Å². The maximum Gasteiger partial charge on any atom is 0.238 e. The number of hydrogen-bond donors (Lipinski definition) is 0. The number of benzene rings is 9. The SMILES string of the molecule is c1ccc(-n2c3ccc4ccccc4c3c3c4ccccc4c4c5ccccc5n(-c5nc(-c6ccc7c(c6)sc6ccccc67)c6c(n5)oc5ccccc56)c4c32)cc1. The Balaban J connectivity index is 1.21. The molecule has 0 spiro atoms. The van der Waals surface area contributed by atoms with Crippen LogP contribution in [-0.2, 0) is 0 Å². The van der Waals surface area contributed by atoms with Crippen LogP contribution in [0.1, 0.15) is 0 Å². The highest BCUT2D eigenvalue weighted by atomic mass is 32.1. The van der Waals surface area contributed by atoms with Crippen LogP contribution in [0.15, 0.2) is 186 Å². The van der Waals surface area contributed by atoms with Gasteiger partial charge in [-0.15, -0.1) is 11.3 Å². The quantitative estimate of drug-likeness (QED) is 0.179. The first kappa shape index (κ1) is 32.2. The Morgan fingerprint density at radius 1 is 0.417 bits per heavy atom. The Morgan fingerprint density at radius 2 is 1.08 bits per heavy atom. The van der Waals surface area contributed by atoms with Gasteiger partial charge in [-0.25, -0.2) is 4.98 Å². The van der Waals surface area contributed by atoms with E-state index in [-0.39, 0.29) is 0 Å². The zero-order chi connectivity index (χ0) is 39.1. The molecule has 0 saturated carbocycles. The van der Waals surface area contributed by atoms with Crippen molar-refractivity contribution in [2.45, 2.75) is 0 Å². The minimum Gasteiger partial charge on any atom is -0.437 e. The molecule has 0 saturated heterocycles. The van der Waals surface area contributed by atoms with Crippen LogP contribution in [0.25, 0.3) is 130 Å². The van der Waals surface area contributed by atoms with Crippen LogP contribution >= 0.6 is 11.3 Å². The van der Waals surface area contributed by atoms with Crippen molar-refractivity contribution in [2.75, 3.05) is 0 Å². The number of aromatic nitrogens is 4. The summed E-state index contributed by atoms with van der Waals surface area (Å²) in [5, 5.41) is 14.0. The van der Waals surface area contributed by atoms with Crippen LogP contribution in [0, 0.1) is 0 Å². The third-order valence-corrected chi connectivity index (χ3v) is 13.7. The van der Waals surface area contributed by atoms with Crippen molar-refractivity contribution in [3.05, 3.63) is 182 Å². The van der Waals surface area contributed by atoms with Crippen molar-refractivity contribution >= 4 is 119 Å². The van der Waals surface area contributed by atoms with Crippen molar-refractivity contribution in [1.82, 2.24) is 19.1 Å². The number of para-hydroxylation sites is 3. The van der Waals surface area contributed by atoms with E-state index in [4.69, 9.17) is 14.4 Å². The molecule has 0 aliphatic carbocycles. The zero-order valence-electron chi connectivity index (χ0n) is 31.9. The summed E-state index contributed by atoms with van der Waals surface area (Å²) in [4.78, 5) is 11.1. The predicted molar refractivity (Wildman–Crippen MR) is 251 cm³/mol. The van der Waals surface area contributed by atoms with E-state index in [1.165, 1.54) is 57.9 Å². The highest BCUT2D eigenvalue weighted by molar-refractivity contribution is 7.25. The van der Waals surface area contributed by atoms with Gasteiger partial charge in [-0.3, -0.25) is 4.57 Å². The number of hydrogen-bond acceptors (Lipinski definition) is 4. The van der Waals surface area contributed by atoms with Gasteiger partial charge >= 0.3 is 0 Å². The molecule has 278 valence electrons. The van der Waals surface area contributed by atoms with Gasteiger partial charge in [0.2, 0.25) is 11.7 Å². The maximum absolute atomic E-state index is 6.69. The Kier molecular flexibility index (Phi) is 6.38. The molecule has 5 aromatic heterocycles. The van der Waals surface area contributed by atoms with Gasteiger partial charge in [-0.2, -0.15) is 4.98 Å². The summed E-state index contributed by atoms with van der Waals surface area (Å²) in [6, 6.07) is 65.3. The van der Waals surface area contributed by atoms with Gasteiger partial charge in [0.1, 0.15) is 5.58 Å². The monoisotopic (exact) mass is 782 g/mol. The summed E-state index contributed by atoms with van der Waals surface area (Å²) in [6.45, 7) is 0. The Labute approximate surface area is 345 Å². The zero-order valence-corrected chi connectivity index (χ0v) is 32.7. The van der Waals surface area contributed by atoms with Gasteiger partial charge in [0, 0.05) is 58.4 Å². The molecule has 14 aromatic rings. The first-order valence-corrected chi connectivity index (χ1v) is 21.1. The molecular weight excluding hydrogens is 753 g/mol. The Hall–Kier alpha value is -7.80. The lowest BCUT2D eigenvalue weighted by atomic mass is 9.96. The molecule has 14 rings (SSSR count). The molecule has 0 aliphatic rings. The van der Waals surface area contributed by atoms with E-state index in [1.54, 1.807) is 0 Å². The van der Waals surface area contributed by atoms with Gasteiger partial charge in [0.15, 0.2) is 0 Å². The van der Waals surface area contributed by atoms with E-state index in [1.807, 2.05) is 23.5 Å². The fraction of sp³-hybridized carbons (Fsp3) is 0. The fourth-order valence-electron chi connectivity index (χ4n) is 10.0. The minimum absolute atomic E-state index is 0.560. The van der Waals surface area contributed by atoms with Crippen LogP contribution in [0.4, 0.5) is 0 Å². The van der Waals surface area contributed by atoms with E-state index in [0.717, 1.165) is 60.8 Å². The number of thiophene rings is 1. The first-order valence-electron chi connectivity index (χ1n) is 20.2. The lowest BCUT2D eigenvalue weighted by molar-refractivity contribution is 0.651. The largest absolute Gasteiger partial charge is 0.437 e. The van der Waals surface area contributed by atoms with Crippen LogP contribution < -0.4 is 0 Å². The number of fused-ring (bicyclic) bond motifs is 18. The van der Waals surface area contributed by atoms with Crippen LogP contribution in [0.3, 0.4) is 0 Å². The van der Waals surface area contributed by atoms with Crippen molar-refractivity contribution in [3.63, 3.8) is 0 Å². The molecule has 0 N–H and O–H groups in total. The molecule has 0 fully saturated rings. The molecule has 0 unspecified atom stereocenters. The molecule has 6 heteroatoms. The third kappa shape index (κ3) is 4.24. The van der Waals surface area contributed by atoms with Crippen molar-refractivity contribution in [2.24, 2.45) is 0 Å². The van der Waals surface area contributed by atoms with Gasteiger partial charge < -0.3 is 8.98 Å². The number of nitrogens with zero attached hydrogens (tertiary/aromatic N) is 4. The van der Waals surface area contributed by atoms with Gasteiger partial charge in [0.25, 0.3) is 0 Å². The summed E-state index contributed by atoms with van der Waals surface area (Å²) in [5.74, 6) is 0.561. The van der Waals surface area contributed by atoms with Gasteiger partial charge in [-0.1, -0.05) is 140 Å². The van der Waals surface area contributed by atoms with Gasteiger partial charge in [-0.05, 0) is 64.0 Å². The predicted octanol–water partition coefficient (Wildman–Crippen LogP) is 14.9. The van der Waals surface area contributed by atoms with E-state index in [9.17, 15) is 0 Å². The lowest BCUT2D eigenvalue weighted by Gasteiger charge is -2.14. The molecule has 0 atom stereocenters. The van der Waals surface area contributed by atoms with Crippen molar-refractivity contribution < 1.29 is 4.42 Å². The molecular formula is C54H30N4OS. The Morgan fingerprint density at radius 3 is 1.95 bits per heavy atom. The van der Waals surface area contributed by atoms with E-state index >= 15 is 0 Å². The van der Waals surface area contributed by atoms with E-state index < -0.39 is 0 Å². The second-order valence-electron chi connectivity index (χ2n) is 15.7. The summed E-state index contributed by atoms with van der Waals surface area (Å²) < 4.78 is 13.9. The van der Waals surface area contributed by atoms with Crippen molar-refractivity contribution in [1.29, 1.82) is 0 Å². The van der Waals surface area contributed by atoms with E-state index in [2.05, 4.69) is 179 Å². The molecule has 5 heterocycles. The average molecular weight is 783 g/mol. The molecule has 0 radical (unpaired) electrons. The smallest absolute Gasteiger partial charge is 0.238 e. The second-order valence-corrected chi connectivity index (χ2v) is 16.7. The first-order chi connectivity index (χ1) is 29.8.